The van der Waals surface area contributed by atoms with Crippen molar-refractivity contribution in [1.82, 2.24) is 4.73 Å². The molecule has 174 valence electrons. The summed E-state index contributed by atoms with van der Waals surface area (Å²) in [5.74, 6) is 0.157. The zero-order chi connectivity index (χ0) is 24.5. The third kappa shape index (κ3) is 4.34. The molecule has 0 fully saturated rings. The molecule has 2 aromatic carbocycles. The Balaban J connectivity index is 2.10. The second-order valence-corrected chi connectivity index (χ2v) is 6.87. The highest BCUT2D eigenvalue weighted by Crippen LogP contribution is 2.38. The molecule has 0 saturated heterocycles. The number of hydrogen-bond acceptors (Lipinski definition) is 6. The van der Waals surface area contributed by atoms with Crippen LogP contribution in [0.25, 0.3) is 17.1 Å². The summed E-state index contributed by atoms with van der Waals surface area (Å²) >= 11 is 0. The van der Waals surface area contributed by atoms with Gasteiger partial charge in [-0.05, 0) is 37.3 Å². The van der Waals surface area contributed by atoms with Gasteiger partial charge < -0.3 is 24.1 Å². The van der Waals surface area contributed by atoms with Gasteiger partial charge in [0.1, 0.15) is 5.52 Å². The molecule has 0 amide bonds. The molecular formula is C22H19F3N2O6. The molecule has 3 aromatic rings. The minimum atomic E-state index is -4.70. The summed E-state index contributed by atoms with van der Waals surface area (Å²) < 4.78 is 55.3. The van der Waals surface area contributed by atoms with Crippen LogP contribution in [-0.2, 0) is 6.18 Å². The molecule has 0 aliphatic rings. The number of benzene rings is 2. The molecule has 0 aliphatic heterocycles. The Morgan fingerprint density at radius 1 is 1.06 bits per heavy atom. The van der Waals surface area contributed by atoms with E-state index in [0.29, 0.717) is 10.8 Å². The van der Waals surface area contributed by atoms with Gasteiger partial charge in [0.2, 0.25) is 5.75 Å². The van der Waals surface area contributed by atoms with Crippen LogP contribution >= 0.6 is 0 Å². The predicted octanol–water partition coefficient (Wildman–Crippen LogP) is 4.15. The molecule has 1 heterocycles. The summed E-state index contributed by atoms with van der Waals surface area (Å²) in [7, 11) is 4.16. The monoisotopic (exact) mass is 464 g/mol. The van der Waals surface area contributed by atoms with E-state index in [1.54, 1.807) is 0 Å². The molecule has 0 radical (unpaired) electrons. The van der Waals surface area contributed by atoms with Crippen molar-refractivity contribution in [2.75, 3.05) is 21.3 Å². The molecule has 0 spiro atoms. The number of allylic oxidation sites excluding steroid dienone is 1. The fourth-order valence-electron chi connectivity index (χ4n) is 3.26. The van der Waals surface area contributed by atoms with Crippen molar-refractivity contribution < 1.29 is 36.6 Å². The summed E-state index contributed by atoms with van der Waals surface area (Å²) in [5.41, 5.74) is -2.03. The SMILES string of the molecule is COc1cc(C(=O)/C=C/c2c(C)n([O-])c3ccc(C(F)(F)F)cc3[n+]2=O)cc(OC)c1OC. The van der Waals surface area contributed by atoms with Gasteiger partial charge in [-0.25, -0.2) is 0 Å². The number of ether oxygens (including phenoxy) is 3. The van der Waals surface area contributed by atoms with Crippen LogP contribution in [0.5, 0.6) is 17.2 Å². The Labute approximate surface area is 185 Å². The number of alkyl halides is 3. The van der Waals surface area contributed by atoms with E-state index in [4.69, 9.17) is 14.2 Å². The Hall–Kier alpha value is -4.02. The minimum Gasteiger partial charge on any atom is -0.805 e. The third-order valence-corrected chi connectivity index (χ3v) is 4.98. The minimum absolute atomic E-state index is 0.0915. The first-order valence-corrected chi connectivity index (χ1v) is 9.42. The van der Waals surface area contributed by atoms with Gasteiger partial charge >= 0.3 is 6.18 Å². The Kier molecular flexibility index (Phi) is 6.34. The van der Waals surface area contributed by atoms with Crippen molar-refractivity contribution in [1.29, 1.82) is 0 Å². The lowest BCUT2D eigenvalue weighted by molar-refractivity contribution is -0.467. The molecule has 0 saturated carbocycles. The second kappa shape index (κ2) is 8.85. The first-order valence-electron chi connectivity index (χ1n) is 9.42. The number of carbonyl (C=O) groups is 1. The van der Waals surface area contributed by atoms with Crippen molar-refractivity contribution in [3.63, 3.8) is 0 Å². The Morgan fingerprint density at radius 3 is 2.18 bits per heavy atom. The van der Waals surface area contributed by atoms with Gasteiger partial charge in [-0.1, -0.05) is 0 Å². The van der Waals surface area contributed by atoms with E-state index in [1.165, 1.54) is 40.4 Å². The van der Waals surface area contributed by atoms with Gasteiger partial charge in [0.05, 0.1) is 37.0 Å². The normalized spacial score (nSPS) is 11.7. The molecule has 0 aliphatic carbocycles. The fourth-order valence-corrected chi connectivity index (χ4v) is 3.26. The lowest BCUT2D eigenvalue weighted by Gasteiger charge is -2.16. The van der Waals surface area contributed by atoms with Crippen LogP contribution in [0.1, 0.15) is 27.3 Å². The zero-order valence-electron chi connectivity index (χ0n) is 18.0. The lowest BCUT2D eigenvalue weighted by atomic mass is 10.1. The standard InChI is InChI=1S/C22H19F3N2O6/c1-12-15(27(30)17-11-14(22(23,24)25)5-6-16(17)26(12)29)7-8-18(28)13-9-19(31-2)21(33-4)20(10-13)32-3/h5-11H,1-4H3/b8-7+. The van der Waals surface area contributed by atoms with E-state index in [-0.39, 0.29) is 44.1 Å². The quantitative estimate of drug-likeness (QED) is 0.309. The number of halogens is 3. The maximum atomic E-state index is 13.1. The van der Waals surface area contributed by atoms with Crippen LogP contribution in [0.4, 0.5) is 13.2 Å². The summed E-state index contributed by atoms with van der Waals surface area (Å²) in [6.45, 7) is 1.32. The van der Waals surface area contributed by atoms with Gasteiger partial charge in [0.15, 0.2) is 17.3 Å². The number of carbonyl (C=O) groups excluding carboxylic acids is 1. The van der Waals surface area contributed by atoms with Crippen LogP contribution in [0.2, 0.25) is 0 Å². The second-order valence-electron chi connectivity index (χ2n) is 6.87. The molecule has 8 nitrogen and oxygen atoms in total. The van der Waals surface area contributed by atoms with Crippen molar-refractivity contribution in [2.45, 2.75) is 13.1 Å². The van der Waals surface area contributed by atoms with Gasteiger partial charge in [-0.3, -0.25) is 4.79 Å². The average molecular weight is 464 g/mol. The van der Waals surface area contributed by atoms with Crippen LogP contribution in [0.3, 0.4) is 0 Å². The summed E-state index contributed by atoms with van der Waals surface area (Å²) in [6.07, 6.45) is -2.60. The fraction of sp³-hybridized carbons (Fsp3) is 0.227. The van der Waals surface area contributed by atoms with Gasteiger partial charge in [0, 0.05) is 22.6 Å². The number of ketones is 1. The number of nitrogens with zero attached hydrogens (tertiary/aromatic N) is 2. The van der Waals surface area contributed by atoms with Gasteiger partial charge in [-0.2, -0.15) is 13.2 Å². The van der Waals surface area contributed by atoms with Crippen LogP contribution in [-0.4, -0.2) is 31.8 Å². The highest BCUT2D eigenvalue weighted by molar-refractivity contribution is 6.07. The third-order valence-electron chi connectivity index (χ3n) is 4.98. The highest BCUT2D eigenvalue weighted by Gasteiger charge is 2.32. The van der Waals surface area contributed by atoms with Gasteiger partial charge in [0.25, 0.3) is 11.2 Å². The molecule has 0 bridgehead atoms. The average Bonchev–Trinajstić information content (AvgIpc) is 2.80. The topological polar surface area (TPSA) is 95.7 Å². The molecular weight excluding hydrogens is 445 g/mol. The highest BCUT2D eigenvalue weighted by atomic mass is 19.4. The molecule has 0 atom stereocenters. The first kappa shape index (κ1) is 23.6. The largest absolute Gasteiger partial charge is 0.805 e. The van der Waals surface area contributed by atoms with Crippen molar-refractivity contribution in [3.8, 4) is 17.2 Å². The molecule has 33 heavy (non-hydrogen) atoms. The molecule has 0 unspecified atom stereocenters. The maximum absolute atomic E-state index is 13.1. The van der Waals surface area contributed by atoms with E-state index in [2.05, 4.69) is 0 Å². The van der Waals surface area contributed by atoms with Crippen LogP contribution in [0, 0.1) is 17.0 Å². The van der Waals surface area contributed by atoms with E-state index >= 15 is 0 Å². The molecule has 3 rings (SSSR count). The smallest absolute Gasteiger partial charge is 0.416 e. The molecule has 1 aromatic heterocycles. The van der Waals surface area contributed by atoms with E-state index in [1.807, 2.05) is 0 Å². The Morgan fingerprint density at radius 2 is 1.67 bits per heavy atom. The number of rotatable bonds is 6. The van der Waals surface area contributed by atoms with Crippen molar-refractivity contribution in [2.24, 2.45) is 0 Å². The van der Waals surface area contributed by atoms with E-state index < -0.39 is 23.0 Å². The number of fused-ring (bicyclic) bond motifs is 1. The maximum Gasteiger partial charge on any atom is 0.416 e. The van der Waals surface area contributed by atoms with E-state index in [9.17, 15) is 28.1 Å². The Bertz CT molecular complexity index is 1300. The molecule has 0 N–H and O–H groups in total. The van der Waals surface area contributed by atoms with Crippen molar-refractivity contribution in [3.05, 3.63) is 69.0 Å². The predicted molar refractivity (Wildman–Crippen MR) is 113 cm³/mol. The number of aromatic nitrogens is 2. The zero-order valence-corrected chi connectivity index (χ0v) is 18.0. The summed E-state index contributed by atoms with van der Waals surface area (Å²) in [4.78, 5) is 25.5. The van der Waals surface area contributed by atoms with Crippen molar-refractivity contribution >= 4 is 22.9 Å². The lowest BCUT2D eigenvalue weighted by Crippen LogP contribution is -2.25. The van der Waals surface area contributed by atoms with Gasteiger partial charge in [-0.15, -0.1) is 0 Å². The van der Waals surface area contributed by atoms with Crippen LogP contribution < -0.4 is 18.6 Å². The van der Waals surface area contributed by atoms with E-state index in [0.717, 1.165) is 24.3 Å². The summed E-state index contributed by atoms with van der Waals surface area (Å²) in [5, 5.41) is 12.5. The van der Waals surface area contributed by atoms with Crippen LogP contribution in [0.15, 0.2) is 36.4 Å². The number of methoxy groups -OCH3 is 3. The summed E-state index contributed by atoms with van der Waals surface area (Å²) in [6, 6.07) is 5.04. The number of hydrogen-bond donors (Lipinski definition) is 0. The molecule has 11 heteroatoms. The first-order chi connectivity index (χ1) is 15.5.